The van der Waals surface area contributed by atoms with E-state index in [1.165, 1.54) is 24.9 Å². The molecule has 1 aliphatic heterocycles. The lowest BCUT2D eigenvalue weighted by Crippen LogP contribution is -2.37. The van der Waals surface area contributed by atoms with Gasteiger partial charge in [-0.15, -0.1) is 0 Å². The zero-order valence-corrected chi connectivity index (χ0v) is 10.3. The molecule has 2 rings (SSSR count). The third-order valence-electron chi connectivity index (χ3n) is 3.65. The van der Waals surface area contributed by atoms with E-state index in [1.807, 2.05) is 10.9 Å². The fourth-order valence-electron chi connectivity index (χ4n) is 2.58. The molecule has 2 unspecified atom stereocenters. The van der Waals surface area contributed by atoms with Crippen molar-refractivity contribution in [2.24, 2.45) is 5.73 Å². The lowest BCUT2D eigenvalue weighted by molar-refractivity contribution is 0.197. The minimum absolute atomic E-state index is 0.441. The molecular formula is C12H22N4. The van der Waals surface area contributed by atoms with E-state index in [9.17, 15) is 0 Å². The summed E-state index contributed by atoms with van der Waals surface area (Å²) in [6.07, 6.45) is 6.65. The molecule has 0 bridgehead atoms. The summed E-state index contributed by atoms with van der Waals surface area (Å²) in [6, 6.07) is 0.997. The topological polar surface area (TPSA) is 47.1 Å². The van der Waals surface area contributed by atoms with Gasteiger partial charge in [0.25, 0.3) is 0 Å². The van der Waals surface area contributed by atoms with Crippen LogP contribution < -0.4 is 5.73 Å². The normalized spacial score (nSPS) is 23.8. The van der Waals surface area contributed by atoms with E-state index in [1.54, 1.807) is 0 Å². The Bertz CT molecular complexity index is 334. The van der Waals surface area contributed by atoms with Crippen LogP contribution in [0.4, 0.5) is 0 Å². The summed E-state index contributed by atoms with van der Waals surface area (Å²) in [5.74, 6) is 0. The van der Waals surface area contributed by atoms with E-state index in [-0.39, 0.29) is 0 Å². The average Bonchev–Trinajstić information content (AvgIpc) is 2.96. The SMILES string of the molecule is CCn1cc(C(C)N2CCCC2CN)cn1. The predicted molar refractivity (Wildman–Crippen MR) is 65.1 cm³/mol. The molecule has 4 nitrogen and oxygen atoms in total. The maximum Gasteiger partial charge on any atom is 0.0537 e. The minimum atomic E-state index is 0.441. The molecule has 2 atom stereocenters. The Hall–Kier alpha value is -0.870. The maximum atomic E-state index is 5.81. The lowest BCUT2D eigenvalue weighted by atomic mass is 10.1. The Labute approximate surface area is 97.4 Å². The summed E-state index contributed by atoms with van der Waals surface area (Å²) in [4.78, 5) is 2.51. The number of aromatic nitrogens is 2. The molecule has 0 aliphatic carbocycles. The highest BCUT2D eigenvalue weighted by Gasteiger charge is 2.28. The highest BCUT2D eigenvalue weighted by atomic mass is 15.3. The summed E-state index contributed by atoms with van der Waals surface area (Å²) in [6.45, 7) is 7.24. The molecular weight excluding hydrogens is 200 g/mol. The van der Waals surface area contributed by atoms with Crippen LogP contribution in [0.15, 0.2) is 12.4 Å². The smallest absolute Gasteiger partial charge is 0.0537 e. The zero-order chi connectivity index (χ0) is 11.5. The van der Waals surface area contributed by atoms with E-state index < -0.39 is 0 Å². The molecule has 16 heavy (non-hydrogen) atoms. The van der Waals surface area contributed by atoms with Crippen LogP contribution in [-0.4, -0.2) is 33.8 Å². The van der Waals surface area contributed by atoms with Crippen molar-refractivity contribution in [2.45, 2.75) is 45.3 Å². The lowest BCUT2D eigenvalue weighted by Gasteiger charge is -2.29. The highest BCUT2D eigenvalue weighted by molar-refractivity contribution is 5.10. The third-order valence-corrected chi connectivity index (χ3v) is 3.65. The van der Waals surface area contributed by atoms with Crippen LogP contribution in [0.25, 0.3) is 0 Å². The predicted octanol–water partition coefficient (Wildman–Crippen LogP) is 1.39. The van der Waals surface area contributed by atoms with Crippen molar-refractivity contribution in [3.8, 4) is 0 Å². The van der Waals surface area contributed by atoms with Crippen molar-refractivity contribution in [3.63, 3.8) is 0 Å². The summed E-state index contributed by atoms with van der Waals surface area (Å²) in [5, 5.41) is 4.34. The van der Waals surface area contributed by atoms with E-state index in [2.05, 4.69) is 30.0 Å². The van der Waals surface area contributed by atoms with Gasteiger partial charge in [-0.2, -0.15) is 5.10 Å². The molecule has 1 aromatic heterocycles. The van der Waals surface area contributed by atoms with Crippen LogP contribution in [0.3, 0.4) is 0 Å². The largest absolute Gasteiger partial charge is 0.329 e. The van der Waals surface area contributed by atoms with Crippen LogP contribution in [-0.2, 0) is 6.54 Å². The van der Waals surface area contributed by atoms with Crippen molar-refractivity contribution < 1.29 is 0 Å². The maximum absolute atomic E-state index is 5.81. The van der Waals surface area contributed by atoms with Gasteiger partial charge in [-0.25, -0.2) is 0 Å². The van der Waals surface area contributed by atoms with Crippen molar-refractivity contribution >= 4 is 0 Å². The molecule has 1 saturated heterocycles. The van der Waals surface area contributed by atoms with Gasteiger partial charge in [0, 0.05) is 36.9 Å². The van der Waals surface area contributed by atoms with Crippen LogP contribution >= 0.6 is 0 Å². The molecule has 0 aromatic carbocycles. The first-order valence-corrected chi connectivity index (χ1v) is 6.24. The van der Waals surface area contributed by atoms with Gasteiger partial charge >= 0.3 is 0 Å². The van der Waals surface area contributed by atoms with Gasteiger partial charge < -0.3 is 5.73 Å². The van der Waals surface area contributed by atoms with Gasteiger partial charge in [0.15, 0.2) is 0 Å². The van der Waals surface area contributed by atoms with Crippen LogP contribution in [0.1, 0.15) is 38.3 Å². The molecule has 2 heterocycles. The van der Waals surface area contributed by atoms with Gasteiger partial charge in [-0.05, 0) is 33.2 Å². The molecule has 1 fully saturated rings. The number of nitrogens with two attached hydrogens (primary N) is 1. The van der Waals surface area contributed by atoms with Gasteiger partial charge in [-0.1, -0.05) is 0 Å². The van der Waals surface area contributed by atoms with Gasteiger partial charge in [0.2, 0.25) is 0 Å². The standard InChI is InChI=1S/C12H22N4/c1-3-15-9-11(8-14-15)10(2)16-6-4-5-12(16)7-13/h8-10,12H,3-7,13H2,1-2H3. The molecule has 90 valence electrons. The number of likely N-dealkylation sites (tertiary alicyclic amines) is 1. The summed E-state index contributed by atoms with van der Waals surface area (Å²) in [7, 11) is 0. The van der Waals surface area contributed by atoms with Crippen LogP contribution in [0, 0.1) is 0 Å². The molecule has 1 aromatic rings. The Kier molecular flexibility index (Phi) is 3.61. The monoisotopic (exact) mass is 222 g/mol. The second kappa shape index (κ2) is 4.97. The quantitative estimate of drug-likeness (QED) is 0.837. The summed E-state index contributed by atoms with van der Waals surface area (Å²) >= 11 is 0. The van der Waals surface area contributed by atoms with Crippen molar-refractivity contribution in [2.75, 3.05) is 13.1 Å². The first kappa shape index (κ1) is 11.6. The first-order chi connectivity index (χ1) is 7.76. The van der Waals surface area contributed by atoms with Crippen molar-refractivity contribution in [1.82, 2.24) is 14.7 Å². The summed E-state index contributed by atoms with van der Waals surface area (Å²) in [5.41, 5.74) is 7.12. The number of nitrogens with zero attached hydrogens (tertiary/aromatic N) is 3. The van der Waals surface area contributed by atoms with Gasteiger partial charge in [-0.3, -0.25) is 9.58 Å². The first-order valence-electron chi connectivity index (χ1n) is 6.24. The zero-order valence-electron chi connectivity index (χ0n) is 10.3. The third kappa shape index (κ3) is 2.13. The number of rotatable bonds is 4. The second-order valence-corrected chi connectivity index (χ2v) is 4.57. The van der Waals surface area contributed by atoms with Gasteiger partial charge in [0.05, 0.1) is 6.20 Å². The molecule has 2 N–H and O–H groups in total. The van der Waals surface area contributed by atoms with E-state index >= 15 is 0 Å². The Morgan fingerprint density at radius 2 is 2.44 bits per heavy atom. The van der Waals surface area contributed by atoms with E-state index in [4.69, 9.17) is 5.73 Å². The number of hydrogen-bond acceptors (Lipinski definition) is 3. The molecule has 1 aliphatic rings. The molecule has 0 spiro atoms. The average molecular weight is 222 g/mol. The van der Waals surface area contributed by atoms with Crippen LogP contribution in [0.2, 0.25) is 0 Å². The number of hydrogen-bond donors (Lipinski definition) is 1. The molecule has 0 amide bonds. The fraction of sp³-hybridized carbons (Fsp3) is 0.750. The fourth-order valence-corrected chi connectivity index (χ4v) is 2.58. The molecule has 0 saturated carbocycles. The van der Waals surface area contributed by atoms with Crippen molar-refractivity contribution in [3.05, 3.63) is 18.0 Å². The Balaban J connectivity index is 2.08. The highest BCUT2D eigenvalue weighted by Crippen LogP contribution is 2.28. The van der Waals surface area contributed by atoms with E-state index in [0.29, 0.717) is 12.1 Å². The Morgan fingerprint density at radius 3 is 3.06 bits per heavy atom. The number of aryl methyl sites for hydroxylation is 1. The second-order valence-electron chi connectivity index (χ2n) is 4.57. The van der Waals surface area contributed by atoms with Crippen molar-refractivity contribution in [1.29, 1.82) is 0 Å². The van der Waals surface area contributed by atoms with Gasteiger partial charge in [0.1, 0.15) is 0 Å². The Morgan fingerprint density at radius 1 is 1.62 bits per heavy atom. The molecule has 4 heteroatoms. The summed E-state index contributed by atoms with van der Waals surface area (Å²) < 4.78 is 1.99. The minimum Gasteiger partial charge on any atom is -0.329 e. The molecule has 0 radical (unpaired) electrons. The van der Waals surface area contributed by atoms with E-state index in [0.717, 1.165) is 13.1 Å². The van der Waals surface area contributed by atoms with Crippen LogP contribution in [0.5, 0.6) is 0 Å².